The van der Waals surface area contributed by atoms with E-state index in [9.17, 15) is 9.18 Å². The minimum atomic E-state index is -0.288. The molecule has 6 heteroatoms. The lowest BCUT2D eigenvalue weighted by atomic mass is 10.0. The Labute approximate surface area is 128 Å². The van der Waals surface area contributed by atoms with Crippen molar-refractivity contribution in [2.75, 3.05) is 19.6 Å². The van der Waals surface area contributed by atoms with Crippen LogP contribution in [0.5, 0.6) is 0 Å². The Morgan fingerprint density at radius 2 is 2.23 bits per heavy atom. The van der Waals surface area contributed by atoms with Gasteiger partial charge in [-0.1, -0.05) is 12.1 Å². The van der Waals surface area contributed by atoms with Gasteiger partial charge in [0, 0.05) is 32.4 Å². The molecule has 2 aromatic rings. The van der Waals surface area contributed by atoms with Crippen molar-refractivity contribution in [3.8, 4) is 0 Å². The fraction of sp³-hybridized carbons (Fsp3) is 0.375. The number of nitrogens with one attached hydrogen (secondary N) is 1. The Morgan fingerprint density at radius 1 is 1.41 bits per heavy atom. The summed E-state index contributed by atoms with van der Waals surface area (Å²) in [4.78, 5) is 14.5. The van der Waals surface area contributed by atoms with Gasteiger partial charge in [-0.25, -0.2) is 4.39 Å². The third-order valence-electron chi connectivity index (χ3n) is 4.07. The molecular formula is C16H19FN4O. The first kappa shape index (κ1) is 14.7. The number of amides is 1. The quantitative estimate of drug-likeness (QED) is 0.918. The van der Waals surface area contributed by atoms with Crippen LogP contribution in [0.2, 0.25) is 0 Å². The lowest BCUT2D eigenvalue weighted by Gasteiger charge is -2.36. The first-order valence-corrected chi connectivity index (χ1v) is 7.34. The van der Waals surface area contributed by atoms with Crippen LogP contribution in [-0.2, 0) is 7.05 Å². The third kappa shape index (κ3) is 2.74. The van der Waals surface area contributed by atoms with E-state index in [0.29, 0.717) is 18.8 Å². The second-order valence-electron chi connectivity index (χ2n) is 5.57. The molecule has 116 valence electrons. The molecule has 1 aromatic carbocycles. The van der Waals surface area contributed by atoms with E-state index in [1.165, 1.54) is 12.1 Å². The van der Waals surface area contributed by atoms with Crippen molar-refractivity contribution in [3.63, 3.8) is 0 Å². The lowest BCUT2D eigenvalue weighted by molar-refractivity contribution is 0.0627. The van der Waals surface area contributed by atoms with Gasteiger partial charge in [0.25, 0.3) is 5.91 Å². The Morgan fingerprint density at radius 3 is 2.91 bits per heavy atom. The summed E-state index contributed by atoms with van der Waals surface area (Å²) in [6.45, 7) is 3.83. The number of halogens is 1. The van der Waals surface area contributed by atoms with Crippen LogP contribution in [0.4, 0.5) is 4.39 Å². The van der Waals surface area contributed by atoms with Gasteiger partial charge in [-0.05, 0) is 30.7 Å². The highest BCUT2D eigenvalue weighted by Crippen LogP contribution is 2.24. The minimum Gasteiger partial charge on any atom is -0.328 e. The molecule has 22 heavy (non-hydrogen) atoms. The molecule has 1 aliphatic rings. The Kier molecular flexibility index (Phi) is 3.94. The summed E-state index contributed by atoms with van der Waals surface area (Å²) in [7, 11) is 1.81. The maximum absolute atomic E-state index is 13.5. The van der Waals surface area contributed by atoms with Gasteiger partial charge in [-0.15, -0.1) is 0 Å². The summed E-state index contributed by atoms with van der Waals surface area (Å²) in [6.07, 6.45) is 0. The molecule has 1 aliphatic heterocycles. The summed E-state index contributed by atoms with van der Waals surface area (Å²) in [5.74, 6) is -0.399. The molecule has 1 fully saturated rings. The molecule has 0 bridgehead atoms. The third-order valence-corrected chi connectivity index (χ3v) is 4.07. The normalized spacial score (nSPS) is 18.5. The second kappa shape index (κ2) is 5.88. The van der Waals surface area contributed by atoms with Gasteiger partial charge in [0.1, 0.15) is 5.82 Å². The van der Waals surface area contributed by atoms with Gasteiger partial charge in [-0.3, -0.25) is 9.48 Å². The summed E-state index contributed by atoms with van der Waals surface area (Å²) in [5, 5.41) is 7.53. The fourth-order valence-electron chi connectivity index (χ4n) is 2.77. The van der Waals surface area contributed by atoms with E-state index in [0.717, 1.165) is 17.8 Å². The molecule has 1 atom stereocenters. The first-order chi connectivity index (χ1) is 10.6. The molecular weight excluding hydrogens is 283 g/mol. The molecule has 0 aliphatic carbocycles. The maximum atomic E-state index is 13.5. The predicted octanol–water partition coefficient (Wildman–Crippen LogP) is 1.65. The molecule has 0 radical (unpaired) electrons. The van der Waals surface area contributed by atoms with Crippen LogP contribution in [0.3, 0.4) is 0 Å². The molecule has 0 spiro atoms. The second-order valence-corrected chi connectivity index (χ2v) is 5.57. The lowest BCUT2D eigenvalue weighted by Crippen LogP contribution is -2.48. The number of aryl methyl sites for hydroxylation is 2. The Balaban J connectivity index is 1.90. The molecule has 1 aromatic heterocycles. The zero-order chi connectivity index (χ0) is 15.7. The number of hydrogen-bond acceptors (Lipinski definition) is 3. The fourth-order valence-corrected chi connectivity index (χ4v) is 2.77. The molecule has 2 heterocycles. The van der Waals surface area contributed by atoms with Crippen molar-refractivity contribution in [2.24, 2.45) is 7.05 Å². The molecule has 5 nitrogen and oxygen atoms in total. The van der Waals surface area contributed by atoms with Crippen molar-refractivity contribution in [1.29, 1.82) is 0 Å². The van der Waals surface area contributed by atoms with Crippen LogP contribution < -0.4 is 5.32 Å². The van der Waals surface area contributed by atoms with Crippen molar-refractivity contribution in [3.05, 3.63) is 53.1 Å². The molecule has 1 N–H and O–H groups in total. The molecule has 3 rings (SSSR count). The average molecular weight is 302 g/mol. The van der Waals surface area contributed by atoms with Gasteiger partial charge in [-0.2, -0.15) is 5.10 Å². The smallest absolute Gasteiger partial charge is 0.274 e. The zero-order valence-corrected chi connectivity index (χ0v) is 12.7. The van der Waals surface area contributed by atoms with Crippen LogP contribution in [0, 0.1) is 12.7 Å². The van der Waals surface area contributed by atoms with E-state index in [2.05, 4.69) is 10.4 Å². The van der Waals surface area contributed by atoms with Crippen LogP contribution in [0.15, 0.2) is 30.3 Å². The highest BCUT2D eigenvalue weighted by Gasteiger charge is 2.30. The SMILES string of the molecule is Cc1cc(C(=O)N2CCNCC2c2cccc(F)c2)nn1C. The summed E-state index contributed by atoms with van der Waals surface area (Å²) < 4.78 is 15.2. The van der Waals surface area contributed by atoms with Crippen LogP contribution in [0.1, 0.15) is 27.8 Å². The van der Waals surface area contributed by atoms with Gasteiger partial charge in [0.15, 0.2) is 5.69 Å². The van der Waals surface area contributed by atoms with Gasteiger partial charge in [0.05, 0.1) is 6.04 Å². The standard InChI is InChI=1S/C16H19FN4O/c1-11-8-14(19-20(11)2)16(22)21-7-6-18-10-15(21)12-4-3-5-13(17)9-12/h3-5,8-9,15,18H,6-7,10H2,1-2H3. The molecule has 1 amide bonds. The van der Waals surface area contributed by atoms with E-state index in [-0.39, 0.29) is 17.8 Å². The number of benzene rings is 1. The number of nitrogens with zero attached hydrogens (tertiary/aromatic N) is 3. The van der Waals surface area contributed by atoms with Gasteiger partial charge < -0.3 is 10.2 Å². The van der Waals surface area contributed by atoms with E-state index in [1.54, 1.807) is 21.7 Å². The van der Waals surface area contributed by atoms with Crippen molar-refractivity contribution < 1.29 is 9.18 Å². The first-order valence-electron chi connectivity index (χ1n) is 7.34. The molecule has 0 saturated carbocycles. The van der Waals surface area contributed by atoms with E-state index < -0.39 is 0 Å². The number of aromatic nitrogens is 2. The van der Waals surface area contributed by atoms with Crippen molar-refractivity contribution >= 4 is 5.91 Å². The van der Waals surface area contributed by atoms with Gasteiger partial charge in [0.2, 0.25) is 0 Å². The minimum absolute atomic E-state index is 0.112. The Bertz CT molecular complexity index is 678. The predicted molar refractivity (Wildman–Crippen MR) is 81.0 cm³/mol. The van der Waals surface area contributed by atoms with E-state index in [4.69, 9.17) is 0 Å². The van der Waals surface area contributed by atoms with Crippen molar-refractivity contribution in [2.45, 2.75) is 13.0 Å². The summed E-state index contributed by atoms with van der Waals surface area (Å²) in [5.41, 5.74) is 2.16. The summed E-state index contributed by atoms with van der Waals surface area (Å²) in [6, 6.07) is 8.03. The van der Waals surface area contributed by atoms with E-state index >= 15 is 0 Å². The number of carbonyl (C=O) groups is 1. The topological polar surface area (TPSA) is 50.2 Å². The number of rotatable bonds is 2. The highest BCUT2D eigenvalue weighted by molar-refractivity contribution is 5.92. The Hall–Kier alpha value is -2.21. The highest BCUT2D eigenvalue weighted by atomic mass is 19.1. The van der Waals surface area contributed by atoms with Crippen LogP contribution >= 0.6 is 0 Å². The van der Waals surface area contributed by atoms with Crippen molar-refractivity contribution in [1.82, 2.24) is 20.0 Å². The largest absolute Gasteiger partial charge is 0.328 e. The van der Waals surface area contributed by atoms with Crippen LogP contribution in [0.25, 0.3) is 0 Å². The monoisotopic (exact) mass is 302 g/mol. The number of hydrogen-bond donors (Lipinski definition) is 1. The van der Waals surface area contributed by atoms with Gasteiger partial charge >= 0.3 is 0 Å². The average Bonchev–Trinajstić information content (AvgIpc) is 2.86. The number of piperazine rings is 1. The molecule has 1 unspecified atom stereocenters. The molecule has 1 saturated heterocycles. The van der Waals surface area contributed by atoms with Crippen LogP contribution in [-0.4, -0.2) is 40.2 Å². The zero-order valence-electron chi connectivity index (χ0n) is 12.7. The summed E-state index contributed by atoms with van der Waals surface area (Å²) >= 11 is 0. The van der Waals surface area contributed by atoms with E-state index in [1.807, 2.05) is 20.0 Å². The number of carbonyl (C=O) groups excluding carboxylic acids is 1. The maximum Gasteiger partial charge on any atom is 0.274 e.